The Kier molecular flexibility index (Phi) is 3.73. The molecule has 0 bridgehead atoms. The molecule has 1 heterocycles. The van der Waals surface area contributed by atoms with Crippen molar-refractivity contribution in [2.45, 2.75) is 13.5 Å². The Bertz CT molecular complexity index is 934. The van der Waals surface area contributed by atoms with E-state index in [-0.39, 0.29) is 12.2 Å². The molecular weight excluding hydrogens is 294 g/mol. The van der Waals surface area contributed by atoms with Crippen molar-refractivity contribution in [2.24, 2.45) is 0 Å². The van der Waals surface area contributed by atoms with Crippen LogP contribution in [-0.4, -0.2) is 11.1 Å². The molecule has 0 aliphatic heterocycles. The maximum absolute atomic E-state index is 11.3. The van der Waals surface area contributed by atoms with Gasteiger partial charge in [-0.05, 0) is 31.2 Å². The average Bonchev–Trinajstić information content (AvgIpc) is 2.88. The highest BCUT2D eigenvalue weighted by Gasteiger charge is 2.17. The number of aryl methyl sites for hydroxylation is 1. The van der Waals surface area contributed by atoms with E-state index < -0.39 is 5.97 Å². The van der Waals surface area contributed by atoms with Crippen LogP contribution in [0.25, 0.3) is 11.0 Å². The van der Waals surface area contributed by atoms with Gasteiger partial charge in [0.15, 0.2) is 0 Å². The third kappa shape index (κ3) is 2.74. The van der Waals surface area contributed by atoms with Gasteiger partial charge in [-0.2, -0.15) is 5.26 Å². The van der Waals surface area contributed by atoms with E-state index in [1.807, 2.05) is 12.1 Å². The first kappa shape index (κ1) is 14.7. The molecule has 3 aromatic rings. The van der Waals surface area contributed by atoms with Crippen molar-refractivity contribution >= 4 is 16.9 Å². The second-order valence-corrected chi connectivity index (χ2v) is 5.05. The van der Waals surface area contributed by atoms with E-state index >= 15 is 0 Å². The number of ether oxygens (including phenoxy) is 1. The number of nitrogens with zero attached hydrogens (tertiary/aromatic N) is 1. The minimum Gasteiger partial charge on any atom is -0.489 e. The quantitative estimate of drug-likeness (QED) is 0.790. The van der Waals surface area contributed by atoms with Crippen LogP contribution in [0.15, 0.2) is 46.9 Å². The number of carbonyl (C=O) groups is 1. The van der Waals surface area contributed by atoms with Gasteiger partial charge in [-0.3, -0.25) is 0 Å². The van der Waals surface area contributed by atoms with Gasteiger partial charge < -0.3 is 14.3 Å². The van der Waals surface area contributed by atoms with E-state index in [0.29, 0.717) is 28.0 Å². The van der Waals surface area contributed by atoms with E-state index in [1.54, 1.807) is 37.3 Å². The third-order valence-electron chi connectivity index (χ3n) is 3.58. The summed E-state index contributed by atoms with van der Waals surface area (Å²) in [5.41, 5.74) is 1.98. The molecule has 0 amide bonds. The lowest BCUT2D eigenvalue weighted by atomic mass is 10.1. The van der Waals surface area contributed by atoms with Gasteiger partial charge in [0.05, 0.1) is 11.6 Å². The summed E-state index contributed by atoms with van der Waals surface area (Å²) in [5.74, 6) is -0.152. The summed E-state index contributed by atoms with van der Waals surface area (Å²) >= 11 is 0. The Labute approximate surface area is 132 Å². The summed E-state index contributed by atoms with van der Waals surface area (Å²) in [6.07, 6.45) is 0. The van der Waals surface area contributed by atoms with Crippen LogP contribution in [0.5, 0.6) is 5.75 Å². The first-order chi connectivity index (χ1) is 11.1. The first-order valence-electron chi connectivity index (χ1n) is 6.97. The highest BCUT2D eigenvalue weighted by atomic mass is 16.5. The van der Waals surface area contributed by atoms with Crippen molar-refractivity contribution < 1.29 is 19.1 Å². The average molecular weight is 307 g/mol. The molecular formula is C18H13NO4. The lowest BCUT2D eigenvalue weighted by Crippen LogP contribution is -1.99. The fourth-order valence-electron chi connectivity index (χ4n) is 2.47. The molecule has 5 heteroatoms. The SMILES string of the molecule is Cc1oc2ccc(OCc3ccccc3C#N)cc2c1C(=O)O. The van der Waals surface area contributed by atoms with Gasteiger partial charge >= 0.3 is 5.97 Å². The molecule has 1 aromatic heterocycles. The zero-order chi connectivity index (χ0) is 16.4. The summed E-state index contributed by atoms with van der Waals surface area (Å²) in [7, 11) is 0. The number of benzene rings is 2. The molecule has 0 aliphatic carbocycles. The minimum atomic E-state index is -1.03. The maximum atomic E-state index is 11.3. The molecule has 1 N–H and O–H groups in total. The van der Waals surface area contributed by atoms with Crippen LogP contribution in [-0.2, 0) is 6.61 Å². The summed E-state index contributed by atoms with van der Waals surface area (Å²) < 4.78 is 11.1. The van der Waals surface area contributed by atoms with Gasteiger partial charge in [-0.25, -0.2) is 4.79 Å². The number of furan rings is 1. The maximum Gasteiger partial charge on any atom is 0.339 e. The monoisotopic (exact) mass is 307 g/mol. The molecule has 3 rings (SSSR count). The summed E-state index contributed by atoms with van der Waals surface area (Å²) in [5, 5.41) is 18.9. The molecule has 2 aromatic carbocycles. The summed E-state index contributed by atoms with van der Waals surface area (Å²) in [4.78, 5) is 11.3. The first-order valence-corrected chi connectivity index (χ1v) is 6.97. The van der Waals surface area contributed by atoms with Crippen molar-refractivity contribution in [1.29, 1.82) is 5.26 Å². The number of carboxylic acid groups (broad SMARTS) is 1. The fourth-order valence-corrected chi connectivity index (χ4v) is 2.47. The molecule has 0 saturated heterocycles. The molecule has 0 atom stereocenters. The van der Waals surface area contributed by atoms with E-state index in [0.717, 1.165) is 5.56 Å². The van der Waals surface area contributed by atoms with Gasteiger partial charge in [0.1, 0.15) is 29.3 Å². The number of aromatic carboxylic acids is 1. The Balaban J connectivity index is 1.91. The van der Waals surface area contributed by atoms with Crippen LogP contribution in [0.1, 0.15) is 27.2 Å². The van der Waals surface area contributed by atoms with Crippen LogP contribution in [0, 0.1) is 18.3 Å². The second-order valence-electron chi connectivity index (χ2n) is 5.05. The van der Waals surface area contributed by atoms with Gasteiger partial charge in [-0.15, -0.1) is 0 Å². The van der Waals surface area contributed by atoms with E-state index in [2.05, 4.69) is 6.07 Å². The van der Waals surface area contributed by atoms with Crippen LogP contribution in [0.2, 0.25) is 0 Å². The summed E-state index contributed by atoms with van der Waals surface area (Å²) in [6, 6.07) is 14.3. The van der Waals surface area contributed by atoms with Crippen molar-refractivity contribution in [3.05, 3.63) is 64.9 Å². The van der Waals surface area contributed by atoms with Crippen molar-refractivity contribution in [3.8, 4) is 11.8 Å². The van der Waals surface area contributed by atoms with Crippen LogP contribution < -0.4 is 4.74 Å². The lowest BCUT2D eigenvalue weighted by molar-refractivity contribution is 0.0697. The topological polar surface area (TPSA) is 83.5 Å². The Morgan fingerprint density at radius 2 is 2.09 bits per heavy atom. The van der Waals surface area contributed by atoms with E-state index in [9.17, 15) is 9.90 Å². The molecule has 114 valence electrons. The molecule has 5 nitrogen and oxygen atoms in total. The zero-order valence-electron chi connectivity index (χ0n) is 12.4. The number of carboxylic acids is 1. The normalized spacial score (nSPS) is 10.4. The fraction of sp³-hybridized carbons (Fsp3) is 0.111. The largest absolute Gasteiger partial charge is 0.489 e. The van der Waals surface area contributed by atoms with E-state index in [1.165, 1.54) is 0 Å². The number of fused-ring (bicyclic) bond motifs is 1. The standard InChI is InChI=1S/C18H13NO4/c1-11-17(18(20)21)15-8-14(6-7-16(15)23-11)22-10-13-5-3-2-4-12(13)9-19/h2-8H,10H2,1H3,(H,20,21). The Morgan fingerprint density at radius 1 is 1.30 bits per heavy atom. The number of hydrogen-bond acceptors (Lipinski definition) is 4. The molecule has 0 aliphatic rings. The van der Waals surface area contributed by atoms with Crippen LogP contribution in [0.4, 0.5) is 0 Å². The number of rotatable bonds is 4. The smallest absolute Gasteiger partial charge is 0.339 e. The molecule has 0 saturated carbocycles. The number of nitriles is 1. The van der Waals surface area contributed by atoms with Crippen molar-refractivity contribution in [1.82, 2.24) is 0 Å². The van der Waals surface area contributed by atoms with Gasteiger partial charge in [0.25, 0.3) is 0 Å². The molecule has 0 unspecified atom stereocenters. The van der Waals surface area contributed by atoms with Gasteiger partial charge in [0, 0.05) is 10.9 Å². The van der Waals surface area contributed by atoms with Crippen molar-refractivity contribution in [3.63, 3.8) is 0 Å². The Morgan fingerprint density at radius 3 is 2.83 bits per heavy atom. The molecule has 0 fully saturated rings. The molecule has 0 spiro atoms. The zero-order valence-corrected chi connectivity index (χ0v) is 12.4. The lowest BCUT2D eigenvalue weighted by Gasteiger charge is -2.07. The predicted molar refractivity (Wildman–Crippen MR) is 83.4 cm³/mol. The minimum absolute atomic E-state index is 0.142. The second kappa shape index (κ2) is 5.85. The highest BCUT2D eigenvalue weighted by Crippen LogP contribution is 2.29. The highest BCUT2D eigenvalue weighted by molar-refractivity contribution is 6.03. The third-order valence-corrected chi connectivity index (χ3v) is 3.58. The summed E-state index contributed by atoms with van der Waals surface area (Å²) in [6.45, 7) is 1.85. The Hall–Kier alpha value is -3.26. The molecule has 23 heavy (non-hydrogen) atoms. The van der Waals surface area contributed by atoms with Crippen LogP contribution >= 0.6 is 0 Å². The van der Waals surface area contributed by atoms with Gasteiger partial charge in [0.2, 0.25) is 0 Å². The van der Waals surface area contributed by atoms with Gasteiger partial charge in [-0.1, -0.05) is 18.2 Å². The predicted octanol–water partition coefficient (Wildman–Crippen LogP) is 3.89. The van der Waals surface area contributed by atoms with Crippen molar-refractivity contribution in [2.75, 3.05) is 0 Å². The van der Waals surface area contributed by atoms with E-state index in [4.69, 9.17) is 14.4 Å². The van der Waals surface area contributed by atoms with Crippen LogP contribution in [0.3, 0.4) is 0 Å². The molecule has 0 radical (unpaired) electrons. The number of hydrogen-bond donors (Lipinski definition) is 1.